The quantitative estimate of drug-likeness (QED) is 0.472. The Morgan fingerprint density at radius 2 is 2.30 bits per heavy atom. The molecule has 1 aliphatic carbocycles. The second-order valence-corrected chi connectivity index (χ2v) is 2.55. The molecule has 0 aromatic rings. The van der Waals surface area contributed by atoms with Gasteiger partial charge in [0.2, 0.25) is 0 Å². The van der Waals surface area contributed by atoms with Crippen LogP contribution in [0.1, 0.15) is 19.3 Å². The molecule has 0 saturated carbocycles. The normalized spacial score (nSPS) is 23.0. The molecule has 0 N–H and O–H groups in total. The van der Waals surface area contributed by atoms with Crippen LogP contribution < -0.4 is 0 Å². The Hall–Kier alpha value is -1.05. The first-order chi connectivity index (χ1) is 4.86. The molecule has 0 fully saturated rings. The second-order valence-electron chi connectivity index (χ2n) is 2.55. The first-order valence-corrected chi connectivity index (χ1v) is 3.45. The summed E-state index contributed by atoms with van der Waals surface area (Å²) in [6.45, 7) is 0. The summed E-state index contributed by atoms with van der Waals surface area (Å²) >= 11 is 0. The molecule has 2 aliphatic rings. The van der Waals surface area contributed by atoms with Crippen LogP contribution in [-0.4, -0.2) is 5.97 Å². The number of esters is 1. The SMILES string of the molecule is O=C1CCC2=C(C=CC2)O1. The van der Waals surface area contributed by atoms with Crippen LogP contribution in [0.15, 0.2) is 23.5 Å². The van der Waals surface area contributed by atoms with Crippen LogP contribution in [0.3, 0.4) is 0 Å². The molecule has 2 nitrogen and oxygen atoms in total. The lowest BCUT2D eigenvalue weighted by molar-refractivity contribution is -0.140. The Morgan fingerprint density at radius 3 is 3.20 bits per heavy atom. The van der Waals surface area contributed by atoms with Crippen molar-refractivity contribution < 1.29 is 9.53 Å². The third kappa shape index (κ3) is 0.764. The topological polar surface area (TPSA) is 26.3 Å². The molecular formula is C8H8O2. The number of allylic oxidation sites excluding steroid dienone is 3. The molecule has 0 saturated heterocycles. The summed E-state index contributed by atoms with van der Waals surface area (Å²) in [5.74, 6) is 0.710. The predicted molar refractivity (Wildman–Crippen MR) is 36.1 cm³/mol. The van der Waals surface area contributed by atoms with E-state index in [4.69, 9.17) is 4.74 Å². The second kappa shape index (κ2) is 1.97. The summed E-state index contributed by atoms with van der Waals surface area (Å²) in [4.78, 5) is 10.7. The van der Waals surface area contributed by atoms with Crippen molar-refractivity contribution in [1.82, 2.24) is 0 Å². The molecule has 0 radical (unpaired) electrons. The lowest BCUT2D eigenvalue weighted by Crippen LogP contribution is -2.09. The number of hydrogen-bond donors (Lipinski definition) is 0. The van der Waals surface area contributed by atoms with Gasteiger partial charge in [-0.1, -0.05) is 6.08 Å². The molecule has 0 amide bonds. The van der Waals surface area contributed by atoms with Crippen LogP contribution in [0.25, 0.3) is 0 Å². The van der Waals surface area contributed by atoms with Crippen LogP contribution in [0.2, 0.25) is 0 Å². The van der Waals surface area contributed by atoms with Crippen molar-refractivity contribution in [3.63, 3.8) is 0 Å². The smallest absolute Gasteiger partial charge is 0.311 e. The van der Waals surface area contributed by atoms with E-state index >= 15 is 0 Å². The van der Waals surface area contributed by atoms with Crippen LogP contribution in [0, 0.1) is 0 Å². The van der Waals surface area contributed by atoms with Crippen molar-refractivity contribution in [2.45, 2.75) is 19.3 Å². The van der Waals surface area contributed by atoms with E-state index in [9.17, 15) is 4.79 Å². The van der Waals surface area contributed by atoms with Gasteiger partial charge in [-0.25, -0.2) is 0 Å². The summed E-state index contributed by atoms with van der Waals surface area (Å²) in [5.41, 5.74) is 1.28. The van der Waals surface area contributed by atoms with Crippen molar-refractivity contribution in [2.24, 2.45) is 0 Å². The van der Waals surface area contributed by atoms with E-state index in [0.29, 0.717) is 6.42 Å². The van der Waals surface area contributed by atoms with Crippen molar-refractivity contribution in [3.8, 4) is 0 Å². The maximum Gasteiger partial charge on any atom is 0.311 e. The molecule has 10 heavy (non-hydrogen) atoms. The molecule has 0 bridgehead atoms. The van der Waals surface area contributed by atoms with E-state index < -0.39 is 0 Å². The fourth-order valence-corrected chi connectivity index (χ4v) is 1.28. The van der Waals surface area contributed by atoms with Gasteiger partial charge in [0, 0.05) is 6.42 Å². The van der Waals surface area contributed by atoms with Crippen LogP contribution in [0.4, 0.5) is 0 Å². The van der Waals surface area contributed by atoms with Gasteiger partial charge >= 0.3 is 5.97 Å². The van der Waals surface area contributed by atoms with E-state index in [1.54, 1.807) is 0 Å². The zero-order valence-corrected chi connectivity index (χ0v) is 5.59. The summed E-state index contributed by atoms with van der Waals surface area (Å²) in [6, 6.07) is 0. The Balaban J connectivity index is 2.27. The van der Waals surface area contributed by atoms with Crippen molar-refractivity contribution in [1.29, 1.82) is 0 Å². The first-order valence-electron chi connectivity index (χ1n) is 3.45. The van der Waals surface area contributed by atoms with Gasteiger partial charge in [0.15, 0.2) is 0 Å². The highest BCUT2D eigenvalue weighted by Gasteiger charge is 2.19. The first kappa shape index (κ1) is 5.71. The van der Waals surface area contributed by atoms with E-state index in [1.807, 2.05) is 12.2 Å². The number of carbonyl (C=O) groups is 1. The molecule has 2 heteroatoms. The summed E-state index contributed by atoms with van der Waals surface area (Å²) in [7, 11) is 0. The number of carbonyl (C=O) groups excluding carboxylic acids is 1. The highest BCUT2D eigenvalue weighted by molar-refractivity contribution is 5.73. The zero-order chi connectivity index (χ0) is 6.97. The number of rotatable bonds is 0. The van der Waals surface area contributed by atoms with Crippen LogP contribution >= 0.6 is 0 Å². The van der Waals surface area contributed by atoms with Gasteiger partial charge in [0.25, 0.3) is 0 Å². The highest BCUT2D eigenvalue weighted by Crippen LogP contribution is 2.28. The lowest BCUT2D eigenvalue weighted by Gasteiger charge is -2.12. The van der Waals surface area contributed by atoms with E-state index in [1.165, 1.54) is 5.57 Å². The number of hydrogen-bond acceptors (Lipinski definition) is 2. The van der Waals surface area contributed by atoms with E-state index in [0.717, 1.165) is 18.6 Å². The minimum atomic E-state index is -0.0923. The van der Waals surface area contributed by atoms with Crippen LogP contribution in [0.5, 0.6) is 0 Å². The fraction of sp³-hybridized carbons (Fsp3) is 0.375. The van der Waals surface area contributed by atoms with Gasteiger partial charge in [-0.05, 0) is 24.5 Å². The van der Waals surface area contributed by atoms with Crippen molar-refractivity contribution in [2.75, 3.05) is 0 Å². The number of ether oxygens (including phenoxy) is 1. The molecule has 0 atom stereocenters. The Labute approximate surface area is 59.2 Å². The molecule has 52 valence electrons. The average molecular weight is 136 g/mol. The summed E-state index contributed by atoms with van der Waals surface area (Å²) in [6.07, 6.45) is 6.33. The van der Waals surface area contributed by atoms with E-state index in [2.05, 4.69) is 0 Å². The largest absolute Gasteiger partial charge is 0.427 e. The Bertz CT molecular complexity index is 236. The van der Waals surface area contributed by atoms with Crippen molar-refractivity contribution >= 4 is 5.97 Å². The third-order valence-electron chi connectivity index (χ3n) is 1.84. The van der Waals surface area contributed by atoms with Gasteiger partial charge in [-0.3, -0.25) is 4.79 Å². The zero-order valence-electron chi connectivity index (χ0n) is 5.59. The minimum absolute atomic E-state index is 0.0923. The Kier molecular flexibility index (Phi) is 1.13. The molecule has 2 rings (SSSR count). The highest BCUT2D eigenvalue weighted by atomic mass is 16.5. The average Bonchev–Trinajstić information content (AvgIpc) is 2.33. The molecule has 0 aromatic carbocycles. The van der Waals surface area contributed by atoms with Gasteiger partial charge in [0.05, 0.1) is 0 Å². The van der Waals surface area contributed by atoms with Gasteiger partial charge < -0.3 is 4.74 Å². The van der Waals surface area contributed by atoms with Gasteiger partial charge in [-0.2, -0.15) is 0 Å². The van der Waals surface area contributed by atoms with Crippen molar-refractivity contribution in [3.05, 3.63) is 23.5 Å². The third-order valence-corrected chi connectivity index (χ3v) is 1.84. The molecule has 0 aromatic heterocycles. The minimum Gasteiger partial charge on any atom is -0.427 e. The predicted octanol–water partition coefficient (Wildman–Crippen LogP) is 1.54. The lowest BCUT2D eigenvalue weighted by atomic mass is 10.1. The van der Waals surface area contributed by atoms with Gasteiger partial charge in [0.1, 0.15) is 5.76 Å². The monoisotopic (exact) mass is 136 g/mol. The van der Waals surface area contributed by atoms with E-state index in [-0.39, 0.29) is 5.97 Å². The molecular weight excluding hydrogens is 128 g/mol. The maximum atomic E-state index is 10.7. The summed E-state index contributed by atoms with van der Waals surface area (Å²) in [5, 5.41) is 0. The standard InChI is InChI=1S/C8H8O2/c9-8-5-4-6-2-1-3-7(6)10-8/h1,3H,2,4-5H2. The maximum absolute atomic E-state index is 10.7. The van der Waals surface area contributed by atoms with Crippen LogP contribution in [-0.2, 0) is 9.53 Å². The molecule has 1 aliphatic heterocycles. The molecule has 0 unspecified atom stereocenters. The molecule has 1 heterocycles. The summed E-state index contributed by atoms with van der Waals surface area (Å²) < 4.78 is 4.96. The van der Waals surface area contributed by atoms with Gasteiger partial charge in [-0.15, -0.1) is 0 Å². The fourth-order valence-electron chi connectivity index (χ4n) is 1.28. The Morgan fingerprint density at radius 1 is 1.40 bits per heavy atom. The molecule has 0 spiro atoms.